The van der Waals surface area contributed by atoms with Gasteiger partial charge in [0.05, 0.1) is 18.1 Å². The Balaban J connectivity index is 1.34. The van der Waals surface area contributed by atoms with Crippen LogP contribution in [0.2, 0.25) is 5.02 Å². The van der Waals surface area contributed by atoms with E-state index in [1.165, 1.54) is 11.3 Å². The van der Waals surface area contributed by atoms with Crippen molar-refractivity contribution in [1.82, 2.24) is 24.8 Å². The molecule has 152 valence electrons. The highest BCUT2D eigenvalue weighted by atomic mass is 35.5. The number of benzene rings is 1. The number of aromatic amines is 1. The SMILES string of the molecule is O=c1[nH]c(CN2CCN(c3cnccn3)CC2)nc2scc(-c3ccccc3Cl)c12. The van der Waals surface area contributed by atoms with E-state index in [1.807, 2.05) is 29.6 Å². The van der Waals surface area contributed by atoms with Crippen LogP contribution < -0.4 is 10.5 Å². The van der Waals surface area contributed by atoms with Crippen LogP contribution in [0.25, 0.3) is 21.3 Å². The zero-order valence-electron chi connectivity index (χ0n) is 16.1. The molecule has 3 aromatic heterocycles. The van der Waals surface area contributed by atoms with Crippen LogP contribution in [0, 0.1) is 0 Å². The molecule has 7 nitrogen and oxygen atoms in total. The third kappa shape index (κ3) is 3.69. The summed E-state index contributed by atoms with van der Waals surface area (Å²) in [5, 5.41) is 3.18. The van der Waals surface area contributed by atoms with Crippen molar-refractivity contribution in [1.29, 1.82) is 0 Å². The van der Waals surface area contributed by atoms with Gasteiger partial charge in [0, 0.05) is 60.1 Å². The van der Waals surface area contributed by atoms with Gasteiger partial charge in [-0.2, -0.15) is 0 Å². The number of anilines is 1. The van der Waals surface area contributed by atoms with Gasteiger partial charge in [0.2, 0.25) is 0 Å². The third-order valence-electron chi connectivity index (χ3n) is 5.28. The minimum Gasteiger partial charge on any atom is -0.353 e. The third-order valence-corrected chi connectivity index (χ3v) is 6.48. The fourth-order valence-corrected chi connectivity index (χ4v) is 4.94. The molecule has 0 radical (unpaired) electrons. The number of fused-ring (bicyclic) bond motifs is 1. The van der Waals surface area contributed by atoms with Crippen LogP contribution in [-0.2, 0) is 6.54 Å². The molecule has 0 amide bonds. The van der Waals surface area contributed by atoms with Crippen LogP contribution in [0.4, 0.5) is 5.82 Å². The lowest BCUT2D eigenvalue weighted by Crippen LogP contribution is -2.46. The van der Waals surface area contributed by atoms with Gasteiger partial charge >= 0.3 is 0 Å². The first-order valence-corrected chi connectivity index (χ1v) is 10.9. The van der Waals surface area contributed by atoms with Gasteiger partial charge in [0.15, 0.2) is 0 Å². The zero-order valence-corrected chi connectivity index (χ0v) is 17.7. The van der Waals surface area contributed by atoms with Crippen LogP contribution >= 0.6 is 22.9 Å². The van der Waals surface area contributed by atoms with Crippen LogP contribution in [0.1, 0.15) is 5.82 Å². The van der Waals surface area contributed by atoms with E-state index in [9.17, 15) is 4.79 Å². The number of nitrogens with zero attached hydrogens (tertiary/aromatic N) is 5. The second-order valence-electron chi connectivity index (χ2n) is 7.15. The monoisotopic (exact) mass is 438 g/mol. The second-order valence-corrected chi connectivity index (χ2v) is 8.41. The smallest absolute Gasteiger partial charge is 0.260 e. The van der Waals surface area contributed by atoms with Crippen LogP contribution in [-0.4, -0.2) is 51.0 Å². The van der Waals surface area contributed by atoms with E-state index in [1.54, 1.807) is 18.6 Å². The lowest BCUT2D eigenvalue weighted by atomic mass is 10.1. The summed E-state index contributed by atoms with van der Waals surface area (Å²) in [5.74, 6) is 1.59. The maximum Gasteiger partial charge on any atom is 0.260 e. The molecule has 1 N–H and O–H groups in total. The molecule has 0 saturated carbocycles. The molecule has 0 bridgehead atoms. The molecule has 30 heavy (non-hydrogen) atoms. The Morgan fingerprint density at radius 1 is 1.10 bits per heavy atom. The van der Waals surface area contributed by atoms with Gasteiger partial charge in [-0.25, -0.2) is 9.97 Å². The predicted octanol–water partition coefficient (Wildman–Crippen LogP) is 3.42. The molecule has 1 aliphatic rings. The molecule has 9 heteroatoms. The van der Waals surface area contributed by atoms with E-state index in [-0.39, 0.29) is 5.56 Å². The van der Waals surface area contributed by atoms with E-state index in [2.05, 4.69) is 24.8 Å². The van der Waals surface area contributed by atoms with Gasteiger partial charge in [0.1, 0.15) is 16.5 Å². The van der Waals surface area contributed by atoms with Gasteiger partial charge in [-0.15, -0.1) is 11.3 Å². The molecular weight excluding hydrogens is 420 g/mol. The van der Waals surface area contributed by atoms with Gasteiger partial charge in [-0.1, -0.05) is 29.8 Å². The number of hydrogen-bond donors (Lipinski definition) is 1. The van der Waals surface area contributed by atoms with Crippen LogP contribution in [0.15, 0.2) is 53.0 Å². The van der Waals surface area contributed by atoms with Gasteiger partial charge < -0.3 is 9.88 Å². The lowest BCUT2D eigenvalue weighted by molar-refractivity contribution is 0.243. The first-order chi connectivity index (χ1) is 14.7. The van der Waals surface area contributed by atoms with Gasteiger partial charge in [-0.3, -0.25) is 14.7 Å². The summed E-state index contributed by atoms with van der Waals surface area (Å²) in [5.41, 5.74) is 1.56. The summed E-state index contributed by atoms with van der Waals surface area (Å²) in [7, 11) is 0. The molecule has 0 unspecified atom stereocenters. The Morgan fingerprint density at radius 2 is 1.93 bits per heavy atom. The minimum absolute atomic E-state index is 0.121. The highest BCUT2D eigenvalue weighted by molar-refractivity contribution is 7.17. The topological polar surface area (TPSA) is 78.0 Å². The summed E-state index contributed by atoms with van der Waals surface area (Å²) in [6.45, 7) is 4.07. The summed E-state index contributed by atoms with van der Waals surface area (Å²) >= 11 is 7.81. The molecule has 0 aliphatic carbocycles. The number of hydrogen-bond acceptors (Lipinski definition) is 7. The fourth-order valence-electron chi connectivity index (χ4n) is 3.75. The quantitative estimate of drug-likeness (QED) is 0.526. The zero-order chi connectivity index (χ0) is 20.5. The average Bonchev–Trinajstić information content (AvgIpc) is 3.20. The molecule has 5 rings (SSSR count). The average molecular weight is 439 g/mol. The number of H-pyrrole nitrogens is 1. The molecule has 0 atom stereocenters. The predicted molar refractivity (Wildman–Crippen MR) is 120 cm³/mol. The first kappa shape index (κ1) is 19.2. The summed E-state index contributed by atoms with van der Waals surface area (Å²) in [6.07, 6.45) is 5.18. The highest BCUT2D eigenvalue weighted by Crippen LogP contribution is 2.34. The van der Waals surface area contributed by atoms with Crippen molar-refractivity contribution in [2.24, 2.45) is 0 Å². The standard InChI is InChI=1S/C21H19ClN6OS/c22-16-4-2-1-3-14(16)15-13-30-21-19(15)20(29)25-17(26-21)12-27-7-9-28(10-8-27)18-11-23-5-6-24-18/h1-6,11,13H,7-10,12H2,(H,25,26,29). The molecule has 1 saturated heterocycles. The van der Waals surface area contributed by atoms with Gasteiger partial charge in [0.25, 0.3) is 5.56 Å². The van der Waals surface area contributed by atoms with Crippen molar-refractivity contribution < 1.29 is 0 Å². The van der Waals surface area contributed by atoms with E-state index < -0.39 is 0 Å². The van der Waals surface area contributed by atoms with E-state index in [0.717, 1.165) is 48.0 Å². The van der Waals surface area contributed by atoms with Crippen LogP contribution in [0.5, 0.6) is 0 Å². The molecule has 4 heterocycles. The summed E-state index contributed by atoms with van der Waals surface area (Å²) in [4.78, 5) is 34.3. The number of aromatic nitrogens is 4. The Bertz CT molecular complexity index is 1230. The number of piperazine rings is 1. The normalized spacial score (nSPS) is 15.0. The van der Waals surface area contributed by atoms with Crippen molar-refractivity contribution in [3.63, 3.8) is 0 Å². The van der Waals surface area contributed by atoms with Gasteiger partial charge in [-0.05, 0) is 6.07 Å². The number of halogens is 1. The minimum atomic E-state index is -0.121. The summed E-state index contributed by atoms with van der Waals surface area (Å²) < 4.78 is 0. The summed E-state index contributed by atoms with van der Waals surface area (Å²) in [6, 6.07) is 7.55. The van der Waals surface area contributed by atoms with E-state index in [0.29, 0.717) is 22.8 Å². The Hall–Kier alpha value is -2.81. The van der Waals surface area contributed by atoms with Crippen molar-refractivity contribution in [3.8, 4) is 11.1 Å². The number of rotatable bonds is 4. The second kappa shape index (κ2) is 8.14. The van der Waals surface area contributed by atoms with Crippen molar-refractivity contribution in [2.45, 2.75) is 6.54 Å². The molecule has 4 aromatic rings. The number of nitrogens with one attached hydrogen (secondary N) is 1. The lowest BCUT2D eigenvalue weighted by Gasteiger charge is -2.34. The van der Waals surface area contributed by atoms with Crippen molar-refractivity contribution in [3.05, 3.63) is 69.4 Å². The Morgan fingerprint density at radius 3 is 2.70 bits per heavy atom. The van der Waals surface area contributed by atoms with Crippen molar-refractivity contribution >= 4 is 39.0 Å². The Labute approximate surface area is 182 Å². The van der Waals surface area contributed by atoms with E-state index in [4.69, 9.17) is 16.6 Å². The maximum atomic E-state index is 12.9. The first-order valence-electron chi connectivity index (χ1n) is 9.67. The fraction of sp³-hybridized carbons (Fsp3) is 0.238. The number of thiophene rings is 1. The van der Waals surface area contributed by atoms with E-state index >= 15 is 0 Å². The van der Waals surface area contributed by atoms with Crippen molar-refractivity contribution in [2.75, 3.05) is 31.1 Å². The molecule has 1 fully saturated rings. The maximum absolute atomic E-state index is 12.9. The molecule has 0 spiro atoms. The van der Waals surface area contributed by atoms with Crippen LogP contribution in [0.3, 0.4) is 0 Å². The highest BCUT2D eigenvalue weighted by Gasteiger charge is 2.20. The largest absolute Gasteiger partial charge is 0.353 e. The molecule has 1 aromatic carbocycles. The Kier molecular flexibility index (Phi) is 5.20. The molecular formula is C21H19ClN6OS. The molecule has 1 aliphatic heterocycles.